The molecule has 8 heteroatoms. The monoisotopic (exact) mass is 444 g/mol. The standard InChI is InChI=1S/C25H28N6O2/c1-2-22(32)30-11-10-25(16-30)12-18(13-25)31-24(27)20(14-26)23(29-31)17-8-9-21(28-15-17)33-19-6-4-3-5-7-19/h2-9,15,18H,1,10-14,16,26-27H2. The average Bonchev–Trinajstić information content (AvgIpc) is 3.40. The Labute approximate surface area is 192 Å². The van der Waals surface area contributed by atoms with Crippen LogP contribution in [0, 0.1) is 5.41 Å². The Morgan fingerprint density at radius 3 is 2.70 bits per heavy atom. The second-order valence-electron chi connectivity index (χ2n) is 8.94. The van der Waals surface area contributed by atoms with Gasteiger partial charge in [0.25, 0.3) is 0 Å². The van der Waals surface area contributed by atoms with Gasteiger partial charge in [0.15, 0.2) is 0 Å². The smallest absolute Gasteiger partial charge is 0.245 e. The quantitative estimate of drug-likeness (QED) is 0.563. The van der Waals surface area contributed by atoms with E-state index in [4.69, 9.17) is 21.3 Å². The van der Waals surface area contributed by atoms with Crippen LogP contribution in [0.15, 0.2) is 61.3 Å². The molecule has 0 radical (unpaired) electrons. The van der Waals surface area contributed by atoms with Crippen LogP contribution in [0.3, 0.4) is 0 Å². The lowest BCUT2D eigenvalue weighted by molar-refractivity contribution is -0.125. The fourth-order valence-electron chi connectivity index (χ4n) is 5.08. The number of aromatic nitrogens is 3. The SMILES string of the molecule is C=CC(=O)N1CCC2(CC(n3nc(-c4ccc(Oc5ccccc5)nc4)c(CN)c3N)C2)C1. The van der Waals surface area contributed by atoms with Gasteiger partial charge in [0.05, 0.1) is 6.04 Å². The summed E-state index contributed by atoms with van der Waals surface area (Å²) < 4.78 is 7.70. The van der Waals surface area contributed by atoms with Gasteiger partial charge >= 0.3 is 0 Å². The molecule has 1 saturated heterocycles. The van der Waals surface area contributed by atoms with Gasteiger partial charge in [0.2, 0.25) is 11.8 Å². The van der Waals surface area contributed by atoms with Crippen molar-refractivity contribution in [1.29, 1.82) is 0 Å². The molecule has 0 bridgehead atoms. The number of para-hydroxylation sites is 1. The number of anilines is 1. The predicted octanol–water partition coefficient (Wildman–Crippen LogP) is 3.52. The van der Waals surface area contributed by atoms with Crippen LogP contribution >= 0.6 is 0 Å². The van der Waals surface area contributed by atoms with E-state index in [2.05, 4.69) is 11.6 Å². The maximum absolute atomic E-state index is 12.0. The van der Waals surface area contributed by atoms with E-state index in [0.717, 1.165) is 54.9 Å². The first kappa shape index (κ1) is 21.2. The molecule has 33 heavy (non-hydrogen) atoms. The van der Waals surface area contributed by atoms with Crippen molar-refractivity contribution in [3.05, 3.63) is 66.9 Å². The summed E-state index contributed by atoms with van der Waals surface area (Å²) in [5, 5.41) is 4.85. The van der Waals surface area contributed by atoms with Gasteiger partial charge in [0, 0.05) is 43.0 Å². The molecule has 1 amide bonds. The maximum atomic E-state index is 12.0. The van der Waals surface area contributed by atoms with Crippen LogP contribution in [0.4, 0.5) is 5.82 Å². The number of nitrogens with zero attached hydrogens (tertiary/aromatic N) is 4. The molecule has 2 fully saturated rings. The number of amides is 1. The van der Waals surface area contributed by atoms with Gasteiger partial charge in [-0.15, -0.1) is 0 Å². The maximum Gasteiger partial charge on any atom is 0.245 e. The van der Waals surface area contributed by atoms with Gasteiger partial charge in [0.1, 0.15) is 17.3 Å². The summed E-state index contributed by atoms with van der Waals surface area (Å²) in [7, 11) is 0. The first-order valence-corrected chi connectivity index (χ1v) is 11.2. The van der Waals surface area contributed by atoms with Crippen LogP contribution in [0.25, 0.3) is 11.3 Å². The number of carbonyl (C=O) groups is 1. The number of carbonyl (C=O) groups excluding carboxylic acids is 1. The molecule has 2 aromatic heterocycles. The van der Waals surface area contributed by atoms with E-state index in [-0.39, 0.29) is 17.4 Å². The number of hydrogen-bond acceptors (Lipinski definition) is 6. The van der Waals surface area contributed by atoms with Gasteiger partial charge in [-0.25, -0.2) is 9.67 Å². The molecular weight excluding hydrogens is 416 g/mol. The Morgan fingerprint density at radius 1 is 1.24 bits per heavy atom. The van der Waals surface area contributed by atoms with Crippen molar-refractivity contribution in [3.8, 4) is 22.9 Å². The Kier molecular flexibility index (Phi) is 5.38. The first-order chi connectivity index (χ1) is 16.0. The van der Waals surface area contributed by atoms with Crippen LogP contribution in [0.5, 0.6) is 11.6 Å². The lowest BCUT2D eigenvalue weighted by atomic mass is 9.65. The molecule has 170 valence electrons. The van der Waals surface area contributed by atoms with Crippen LogP contribution in [0.2, 0.25) is 0 Å². The predicted molar refractivity (Wildman–Crippen MR) is 126 cm³/mol. The molecule has 1 aromatic carbocycles. The molecule has 3 heterocycles. The molecule has 1 saturated carbocycles. The lowest BCUT2D eigenvalue weighted by Crippen LogP contribution is -2.42. The minimum absolute atomic E-state index is 0.00817. The van der Waals surface area contributed by atoms with E-state index in [1.807, 2.05) is 52.0 Å². The Balaban J connectivity index is 1.32. The molecule has 3 aromatic rings. The number of hydrogen-bond donors (Lipinski definition) is 2. The van der Waals surface area contributed by atoms with Gasteiger partial charge in [-0.3, -0.25) is 4.79 Å². The number of ether oxygens (including phenoxy) is 1. The summed E-state index contributed by atoms with van der Waals surface area (Å²) in [5.74, 6) is 1.85. The number of pyridine rings is 1. The van der Waals surface area contributed by atoms with Crippen molar-refractivity contribution in [1.82, 2.24) is 19.7 Å². The van der Waals surface area contributed by atoms with E-state index in [9.17, 15) is 4.79 Å². The zero-order valence-corrected chi connectivity index (χ0v) is 18.5. The summed E-state index contributed by atoms with van der Waals surface area (Å²) in [6, 6.07) is 13.5. The van der Waals surface area contributed by atoms with Crippen LogP contribution in [-0.2, 0) is 11.3 Å². The van der Waals surface area contributed by atoms with Gasteiger partial charge in [-0.1, -0.05) is 24.8 Å². The molecule has 1 aliphatic heterocycles. The largest absolute Gasteiger partial charge is 0.439 e. The van der Waals surface area contributed by atoms with Crippen molar-refractivity contribution in [2.45, 2.75) is 31.8 Å². The third-order valence-corrected chi connectivity index (χ3v) is 6.84. The highest BCUT2D eigenvalue weighted by molar-refractivity contribution is 5.87. The Bertz CT molecular complexity index is 1170. The summed E-state index contributed by atoms with van der Waals surface area (Å²) in [6.07, 6.45) is 6.04. The average molecular weight is 445 g/mol. The van der Waals surface area contributed by atoms with Gasteiger partial charge < -0.3 is 21.1 Å². The van der Waals surface area contributed by atoms with Crippen molar-refractivity contribution >= 4 is 11.7 Å². The topological polar surface area (TPSA) is 112 Å². The minimum atomic E-state index is 0.00817. The van der Waals surface area contributed by atoms with Crippen molar-refractivity contribution in [2.75, 3.05) is 18.8 Å². The fourth-order valence-corrected chi connectivity index (χ4v) is 5.08. The summed E-state index contributed by atoms with van der Waals surface area (Å²) in [6.45, 7) is 5.46. The summed E-state index contributed by atoms with van der Waals surface area (Å²) in [5.41, 5.74) is 15.1. The molecular formula is C25H28N6O2. The highest BCUT2D eigenvalue weighted by Gasteiger charge is 2.50. The van der Waals surface area contributed by atoms with Crippen LogP contribution in [-0.4, -0.2) is 38.7 Å². The lowest BCUT2D eigenvalue weighted by Gasteiger charge is -2.45. The summed E-state index contributed by atoms with van der Waals surface area (Å²) >= 11 is 0. The number of rotatable bonds is 6. The molecule has 8 nitrogen and oxygen atoms in total. The third kappa shape index (κ3) is 3.87. The molecule has 0 unspecified atom stereocenters. The van der Waals surface area contributed by atoms with Crippen LogP contribution in [0.1, 0.15) is 30.9 Å². The van der Waals surface area contributed by atoms with Gasteiger partial charge in [-0.2, -0.15) is 5.10 Å². The molecule has 1 spiro atoms. The minimum Gasteiger partial charge on any atom is -0.439 e. The normalized spacial score (nSPS) is 21.7. The molecule has 4 N–H and O–H groups in total. The summed E-state index contributed by atoms with van der Waals surface area (Å²) in [4.78, 5) is 18.3. The van der Waals surface area contributed by atoms with Crippen LogP contribution < -0.4 is 16.2 Å². The van der Waals surface area contributed by atoms with Crippen molar-refractivity contribution in [3.63, 3.8) is 0 Å². The van der Waals surface area contributed by atoms with E-state index in [1.165, 1.54) is 6.08 Å². The molecule has 1 aliphatic carbocycles. The van der Waals surface area contributed by atoms with E-state index >= 15 is 0 Å². The zero-order valence-electron chi connectivity index (χ0n) is 18.5. The first-order valence-electron chi connectivity index (χ1n) is 11.2. The van der Waals surface area contributed by atoms with E-state index in [1.54, 1.807) is 6.20 Å². The molecule has 2 aliphatic rings. The highest BCUT2D eigenvalue weighted by atomic mass is 16.5. The van der Waals surface area contributed by atoms with Crippen molar-refractivity contribution < 1.29 is 9.53 Å². The zero-order chi connectivity index (χ0) is 23.0. The number of nitrogen functional groups attached to an aromatic ring is 1. The van der Waals surface area contributed by atoms with E-state index in [0.29, 0.717) is 18.2 Å². The van der Waals surface area contributed by atoms with Gasteiger partial charge in [-0.05, 0) is 49.0 Å². The third-order valence-electron chi connectivity index (χ3n) is 6.84. The second-order valence-corrected chi connectivity index (χ2v) is 8.94. The Hall–Kier alpha value is -3.65. The molecule has 0 atom stereocenters. The molecule has 5 rings (SSSR count). The number of benzene rings is 1. The highest BCUT2D eigenvalue weighted by Crippen LogP contribution is 2.54. The fraction of sp³-hybridized carbons (Fsp3) is 0.320. The number of likely N-dealkylation sites (tertiary alicyclic amines) is 1. The van der Waals surface area contributed by atoms with Crippen molar-refractivity contribution in [2.24, 2.45) is 11.1 Å². The Morgan fingerprint density at radius 2 is 2.03 bits per heavy atom. The number of nitrogens with two attached hydrogens (primary N) is 2. The second kappa shape index (κ2) is 8.37. The van der Waals surface area contributed by atoms with E-state index < -0.39 is 0 Å².